The summed E-state index contributed by atoms with van der Waals surface area (Å²) in [5.41, 5.74) is 4.68. The Morgan fingerprint density at radius 3 is 2.29 bits per heavy atom. The van der Waals surface area contributed by atoms with Gasteiger partial charge in [0.15, 0.2) is 5.78 Å². The minimum absolute atomic E-state index is 0.134. The number of hydrogen-bond donors (Lipinski definition) is 0. The Hall–Kier alpha value is -1.37. The zero-order chi connectivity index (χ0) is 12.8. The molecule has 0 saturated carbocycles. The van der Waals surface area contributed by atoms with Crippen molar-refractivity contribution in [1.29, 1.82) is 0 Å². The van der Waals surface area contributed by atoms with Gasteiger partial charge in [0.2, 0.25) is 0 Å². The maximum atomic E-state index is 12.1. The summed E-state index contributed by atoms with van der Waals surface area (Å²) in [5.74, 6) is 0.134. The molecule has 1 nitrogen and oxygen atoms in total. The van der Waals surface area contributed by atoms with Gasteiger partial charge < -0.3 is 0 Å². The van der Waals surface area contributed by atoms with Crippen molar-refractivity contribution in [1.82, 2.24) is 0 Å². The minimum atomic E-state index is 0.134. The van der Waals surface area contributed by atoms with E-state index >= 15 is 0 Å². The second kappa shape index (κ2) is 6.39. The molecule has 1 aromatic rings. The van der Waals surface area contributed by atoms with Crippen LogP contribution in [0.4, 0.5) is 0 Å². The van der Waals surface area contributed by atoms with E-state index in [0.717, 1.165) is 24.8 Å². The van der Waals surface area contributed by atoms with Crippen LogP contribution in [0.5, 0.6) is 0 Å². The highest BCUT2D eigenvalue weighted by Crippen LogP contribution is 2.21. The van der Waals surface area contributed by atoms with Crippen LogP contribution in [-0.2, 0) is 19.3 Å². The molecular formula is C16H22O. The summed E-state index contributed by atoms with van der Waals surface area (Å²) < 4.78 is 0. The van der Waals surface area contributed by atoms with Crippen molar-refractivity contribution < 1.29 is 4.79 Å². The van der Waals surface area contributed by atoms with Crippen LogP contribution in [-0.4, -0.2) is 5.78 Å². The molecule has 0 amide bonds. The van der Waals surface area contributed by atoms with Crippen LogP contribution in [0.15, 0.2) is 24.3 Å². The molecule has 0 atom stereocenters. The summed E-state index contributed by atoms with van der Waals surface area (Å²) >= 11 is 0. The van der Waals surface area contributed by atoms with Crippen molar-refractivity contribution >= 4 is 5.78 Å². The summed E-state index contributed by atoms with van der Waals surface area (Å²) in [6, 6.07) is 4.30. The predicted molar refractivity (Wildman–Crippen MR) is 73.7 cm³/mol. The van der Waals surface area contributed by atoms with Gasteiger partial charge in [0, 0.05) is 5.56 Å². The molecule has 0 spiro atoms. The lowest BCUT2D eigenvalue weighted by Crippen LogP contribution is -2.05. The summed E-state index contributed by atoms with van der Waals surface area (Å²) in [6.07, 6.45) is 6.37. The molecular weight excluding hydrogens is 208 g/mol. The highest BCUT2D eigenvalue weighted by molar-refractivity contribution is 6.05. The molecule has 17 heavy (non-hydrogen) atoms. The number of carbonyl (C=O) groups excluding carboxylic acids is 1. The minimum Gasteiger partial charge on any atom is -0.289 e. The second-order valence-corrected chi connectivity index (χ2v) is 4.21. The number of aryl methyl sites for hydroxylation is 2. The van der Waals surface area contributed by atoms with Gasteiger partial charge in [0.25, 0.3) is 0 Å². The fraction of sp³-hybridized carbons (Fsp3) is 0.438. The van der Waals surface area contributed by atoms with Crippen LogP contribution >= 0.6 is 0 Å². The SMILES string of the molecule is C/C=C/C(=O)c1cc(CC)cc(CC)c1CC. The molecule has 0 bridgehead atoms. The van der Waals surface area contributed by atoms with Gasteiger partial charge in [-0.3, -0.25) is 4.79 Å². The molecule has 0 aliphatic heterocycles. The largest absolute Gasteiger partial charge is 0.289 e. The third-order valence-electron chi connectivity index (χ3n) is 3.13. The molecule has 0 heterocycles. The molecule has 1 aromatic carbocycles. The van der Waals surface area contributed by atoms with Gasteiger partial charge in [0.1, 0.15) is 0 Å². The standard InChI is InChI=1S/C16H22O/c1-5-9-16(17)15-11-12(6-2)10-13(7-3)14(15)8-4/h5,9-11H,6-8H2,1-4H3/b9-5+. The first kappa shape index (κ1) is 13.7. The molecule has 0 aromatic heterocycles. The average molecular weight is 230 g/mol. The molecule has 1 heteroatoms. The first-order valence-electron chi connectivity index (χ1n) is 6.49. The lowest BCUT2D eigenvalue weighted by Gasteiger charge is -2.13. The van der Waals surface area contributed by atoms with Gasteiger partial charge in [-0.2, -0.15) is 0 Å². The Labute approximate surface area is 105 Å². The zero-order valence-electron chi connectivity index (χ0n) is 11.3. The van der Waals surface area contributed by atoms with Gasteiger partial charge >= 0.3 is 0 Å². The van der Waals surface area contributed by atoms with Crippen LogP contribution in [0.3, 0.4) is 0 Å². The van der Waals surface area contributed by atoms with Crippen molar-refractivity contribution in [3.8, 4) is 0 Å². The third-order valence-corrected chi connectivity index (χ3v) is 3.13. The van der Waals surface area contributed by atoms with Crippen molar-refractivity contribution in [2.24, 2.45) is 0 Å². The van der Waals surface area contributed by atoms with Crippen LogP contribution in [0.1, 0.15) is 54.7 Å². The van der Waals surface area contributed by atoms with Crippen LogP contribution in [0, 0.1) is 0 Å². The molecule has 0 N–H and O–H groups in total. The normalized spacial score (nSPS) is 11.1. The summed E-state index contributed by atoms with van der Waals surface area (Å²) in [5, 5.41) is 0. The monoisotopic (exact) mass is 230 g/mol. The van der Waals surface area contributed by atoms with Crippen LogP contribution in [0.2, 0.25) is 0 Å². The number of rotatable bonds is 5. The Morgan fingerprint density at radius 2 is 1.82 bits per heavy atom. The van der Waals surface area contributed by atoms with E-state index in [4.69, 9.17) is 0 Å². The first-order chi connectivity index (χ1) is 8.17. The maximum absolute atomic E-state index is 12.1. The molecule has 0 saturated heterocycles. The molecule has 0 unspecified atom stereocenters. The van der Waals surface area contributed by atoms with Crippen molar-refractivity contribution in [3.05, 3.63) is 46.5 Å². The molecule has 92 valence electrons. The van der Waals surface area contributed by atoms with Gasteiger partial charge in [-0.1, -0.05) is 32.9 Å². The van der Waals surface area contributed by atoms with E-state index in [0.29, 0.717) is 0 Å². The first-order valence-corrected chi connectivity index (χ1v) is 6.49. The number of carbonyl (C=O) groups is 1. The van der Waals surface area contributed by atoms with Gasteiger partial charge in [-0.05, 0) is 55.0 Å². The van der Waals surface area contributed by atoms with E-state index in [9.17, 15) is 4.79 Å². The molecule has 1 rings (SSSR count). The van der Waals surface area contributed by atoms with E-state index in [-0.39, 0.29) is 5.78 Å². The van der Waals surface area contributed by atoms with Crippen molar-refractivity contribution in [2.75, 3.05) is 0 Å². The molecule has 0 fully saturated rings. The zero-order valence-corrected chi connectivity index (χ0v) is 11.3. The summed E-state index contributed by atoms with van der Waals surface area (Å²) in [6.45, 7) is 8.28. The predicted octanol–water partition coefficient (Wildman–Crippen LogP) is 4.13. The van der Waals surface area contributed by atoms with E-state index < -0.39 is 0 Å². The van der Waals surface area contributed by atoms with Crippen LogP contribution in [0.25, 0.3) is 0 Å². The second-order valence-electron chi connectivity index (χ2n) is 4.21. The fourth-order valence-corrected chi connectivity index (χ4v) is 2.20. The lowest BCUT2D eigenvalue weighted by molar-refractivity contribution is 0.104. The molecule has 0 radical (unpaired) electrons. The Bertz CT molecular complexity index is 427. The fourth-order valence-electron chi connectivity index (χ4n) is 2.20. The van der Waals surface area contributed by atoms with E-state index in [1.807, 2.05) is 13.0 Å². The molecule has 0 aliphatic carbocycles. The number of ketones is 1. The quantitative estimate of drug-likeness (QED) is 0.549. The Kier molecular flexibility index (Phi) is 5.14. The third kappa shape index (κ3) is 3.06. The van der Waals surface area contributed by atoms with E-state index in [1.54, 1.807) is 6.08 Å². The number of allylic oxidation sites excluding steroid dienone is 2. The summed E-state index contributed by atoms with van der Waals surface area (Å²) in [4.78, 5) is 12.1. The van der Waals surface area contributed by atoms with E-state index in [1.165, 1.54) is 16.7 Å². The lowest BCUT2D eigenvalue weighted by atomic mass is 9.91. The number of benzene rings is 1. The van der Waals surface area contributed by atoms with Crippen molar-refractivity contribution in [3.63, 3.8) is 0 Å². The van der Waals surface area contributed by atoms with E-state index in [2.05, 4.69) is 32.9 Å². The van der Waals surface area contributed by atoms with Gasteiger partial charge in [0.05, 0.1) is 0 Å². The van der Waals surface area contributed by atoms with Gasteiger partial charge in [-0.15, -0.1) is 0 Å². The Morgan fingerprint density at radius 1 is 1.12 bits per heavy atom. The van der Waals surface area contributed by atoms with Crippen LogP contribution < -0.4 is 0 Å². The Balaban J connectivity index is 3.38. The highest BCUT2D eigenvalue weighted by atomic mass is 16.1. The average Bonchev–Trinajstić information content (AvgIpc) is 2.37. The van der Waals surface area contributed by atoms with Gasteiger partial charge in [-0.25, -0.2) is 0 Å². The molecule has 0 aliphatic rings. The maximum Gasteiger partial charge on any atom is 0.185 e. The summed E-state index contributed by atoms with van der Waals surface area (Å²) in [7, 11) is 0. The smallest absolute Gasteiger partial charge is 0.185 e. The number of hydrogen-bond acceptors (Lipinski definition) is 1. The van der Waals surface area contributed by atoms with Crippen molar-refractivity contribution in [2.45, 2.75) is 47.0 Å². The topological polar surface area (TPSA) is 17.1 Å². The highest BCUT2D eigenvalue weighted by Gasteiger charge is 2.12.